The number of nitrogens with two attached hydrogens (primary N) is 1. The lowest BCUT2D eigenvalue weighted by molar-refractivity contribution is 0.209. The summed E-state index contributed by atoms with van der Waals surface area (Å²) < 4.78 is 18.2. The SMILES string of the molecule is CON(C(=N)c1nonc1-c1ccc(CN)c(Cl)c1)c1ccc(F)c(Cl)c1. The van der Waals surface area contributed by atoms with E-state index in [2.05, 4.69) is 10.3 Å². The number of amidine groups is 1. The van der Waals surface area contributed by atoms with Gasteiger partial charge in [-0.2, -0.15) is 0 Å². The van der Waals surface area contributed by atoms with Crippen molar-refractivity contribution in [3.8, 4) is 11.3 Å². The number of rotatable bonds is 5. The van der Waals surface area contributed by atoms with Crippen LogP contribution in [0.1, 0.15) is 11.3 Å². The first-order valence-corrected chi connectivity index (χ1v) is 8.41. The van der Waals surface area contributed by atoms with E-state index in [0.29, 0.717) is 28.5 Å². The molecule has 3 rings (SSSR count). The lowest BCUT2D eigenvalue weighted by atomic mass is 10.1. The van der Waals surface area contributed by atoms with E-state index in [0.717, 1.165) is 10.6 Å². The molecule has 0 aliphatic heterocycles. The highest BCUT2D eigenvalue weighted by Crippen LogP contribution is 2.29. The van der Waals surface area contributed by atoms with Gasteiger partial charge in [0.1, 0.15) is 11.5 Å². The van der Waals surface area contributed by atoms with Crippen molar-refractivity contribution in [3.05, 3.63) is 63.5 Å². The quantitative estimate of drug-likeness (QED) is 0.374. The molecule has 0 bridgehead atoms. The van der Waals surface area contributed by atoms with Crippen molar-refractivity contribution in [3.63, 3.8) is 0 Å². The molecule has 1 heterocycles. The average molecular weight is 410 g/mol. The maximum absolute atomic E-state index is 13.4. The van der Waals surface area contributed by atoms with Gasteiger partial charge in [0.25, 0.3) is 0 Å². The van der Waals surface area contributed by atoms with Crippen LogP contribution >= 0.6 is 23.2 Å². The summed E-state index contributed by atoms with van der Waals surface area (Å²) in [6.45, 7) is 0.293. The molecule has 3 aromatic rings. The van der Waals surface area contributed by atoms with Crippen LogP contribution < -0.4 is 10.8 Å². The van der Waals surface area contributed by atoms with E-state index in [1.807, 2.05) is 0 Å². The minimum absolute atomic E-state index is 0.105. The first kappa shape index (κ1) is 19.2. The second-order valence-electron chi connectivity index (χ2n) is 5.40. The molecule has 27 heavy (non-hydrogen) atoms. The van der Waals surface area contributed by atoms with Crippen LogP contribution in [0.4, 0.5) is 10.1 Å². The second kappa shape index (κ2) is 8.01. The highest BCUT2D eigenvalue weighted by atomic mass is 35.5. The molecule has 7 nitrogen and oxygen atoms in total. The van der Waals surface area contributed by atoms with Gasteiger partial charge in [0.05, 0.1) is 17.8 Å². The molecule has 0 saturated carbocycles. The summed E-state index contributed by atoms with van der Waals surface area (Å²) in [6, 6.07) is 9.08. The van der Waals surface area contributed by atoms with Crippen molar-refractivity contribution in [1.82, 2.24) is 10.3 Å². The highest BCUT2D eigenvalue weighted by Gasteiger charge is 2.24. The van der Waals surface area contributed by atoms with Gasteiger partial charge in [-0.1, -0.05) is 35.3 Å². The maximum atomic E-state index is 13.4. The van der Waals surface area contributed by atoms with Crippen molar-refractivity contribution in [2.24, 2.45) is 5.73 Å². The predicted octanol–water partition coefficient (Wildman–Crippen LogP) is 4.03. The standard InChI is InChI=1S/C17H14Cl2FN5O2/c1-26-25(11-4-5-14(20)13(19)7-11)17(22)16-15(23-27-24-16)9-2-3-10(8-21)12(18)6-9/h2-7,22H,8,21H2,1H3. The third-order valence-corrected chi connectivity index (χ3v) is 4.42. The van der Waals surface area contributed by atoms with Gasteiger partial charge in [0.2, 0.25) is 0 Å². The summed E-state index contributed by atoms with van der Waals surface area (Å²) in [4.78, 5) is 5.24. The maximum Gasteiger partial charge on any atom is 0.182 e. The van der Waals surface area contributed by atoms with Gasteiger partial charge >= 0.3 is 0 Å². The number of nitrogens with zero attached hydrogens (tertiary/aromatic N) is 3. The van der Waals surface area contributed by atoms with Crippen molar-refractivity contribution < 1.29 is 13.9 Å². The first-order valence-electron chi connectivity index (χ1n) is 7.66. The first-order chi connectivity index (χ1) is 13.0. The van der Waals surface area contributed by atoms with Crippen LogP contribution in [-0.4, -0.2) is 23.3 Å². The summed E-state index contributed by atoms with van der Waals surface area (Å²) in [7, 11) is 1.35. The van der Waals surface area contributed by atoms with Crippen LogP contribution in [0.25, 0.3) is 11.3 Å². The van der Waals surface area contributed by atoms with Crippen LogP contribution in [0.15, 0.2) is 41.0 Å². The molecule has 0 spiro atoms. The van der Waals surface area contributed by atoms with E-state index >= 15 is 0 Å². The van der Waals surface area contributed by atoms with E-state index < -0.39 is 5.82 Å². The minimum atomic E-state index is -0.582. The summed E-state index contributed by atoms with van der Waals surface area (Å²) in [5.41, 5.74) is 7.71. The third-order valence-electron chi connectivity index (χ3n) is 3.78. The number of aromatic nitrogens is 2. The number of nitrogens with one attached hydrogen (secondary N) is 1. The molecule has 0 atom stereocenters. The largest absolute Gasteiger partial charge is 0.326 e. The molecular formula is C17H14Cl2FN5O2. The molecule has 10 heteroatoms. The number of anilines is 1. The van der Waals surface area contributed by atoms with Gasteiger partial charge in [-0.3, -0.25) is 10.2 Å². The number of hydroxylamine groups is 1. The topological polar surface area (TPSA) is 101 Å². The van der Waals surface area contributed by atoms with Crippen LogP contribution in [-0.2, 0) is 11.4 Å². The monoisotopic (exact) mass is 409 g/mol. The summed E-state index contributed by atoms with van der Waals surface area (Å²) in [5.74, 6) is -0.767. The van der Waals surface area contributed by atoms with Crippen LogP contribution in [0, 0.1) is 11.2 Å². The van der Waals surface area contributed by atoms with Gasteiger partial charge in [-0.05, 0) is 40.1 Å². The molecule has 0 saturated heterocycles. The van der Waals surface area contributed by atoms with Crippen molar-refractivity contribution in [2.45, 2.75) is 6.54 Å². The fraction of sp³-hybridized carbons (Fsp3) is 0.118. The average Bonchev–Trinajstić information content (AvgIpc) is 3.15. The molecule has 140 valence electrons. The lowest BCUT2D eigenvalue weighted by Gasteiger charge is -2.21. The Morgan fingerprint density at radius 3 is 2.63 bits per heavy atom. The van der Waals surface area contributed by atoms with Crippen molar-refractivity contribution >= 4 is 34.7 Å². The summed E-state index contributed by atoms with van der Waals surface area (Å²) in [6.07, 6.45) is 0. The van der Waals surface area contributed by atoms with Gasteiger partial charge in [0.15, 0.2) is 11.5 Å². The van der Waals surface area contributed by atoms with E-state index in [4.69, 9.17) is 43.8 Å². The Morgan fingerprint density at radius 2 is 2.00 bits per heavy atom. The van der Waals surface area contributed by atoms with Gasteiger partial charge in [0, 0.05) is 17.1 Å². The normalized spacial score (nSPS) is 10.9. The molecule has 0 amide bonds. The molecule has 0 aliphatic rings. The zero-order chi connectivity index (χ0) is 19.6. The van der Waals surface area contributed by atoms with Crippen LogP contribution in [0.2, 0.25) is 10.0 Å². The highest BCUT2D eigenvalue weighted by molar-refractivity contribution is 6.32. The summed E-state index contributed by atoms with van der Waals surface area (Å²) in [5, 5.41) is 17.6. The van der Waals surface area contributed by atoms with Gasteiger partial charge < -0.3 is 5.73 Å². The fourth-order valence-electron chi connectivity index (χ4n) is 2.43. The Balaban J connectivity index is 1.99. The zero-order valence-corrected chi connectivity index (χ0v) is 15.6. The van der Waals surface area contributed by atoms with E-state index in [1.54, 1.807) is 18.2 Å². The van der Waals surface area contributed by atoms with Crippen LogP contribution in [0.5, 0.6) is 0 Å². The molecule has 2 aromatic carbocycles. The zero-order valence-electron chi connectivity index (χ0n) is 14.0. The number of benzene rings is 2. The molecule has 0 unspecified atom stereocenters. The Hall–Kier alpha value is -2.52. The second-order valence-corrected chi connectivity index (χ2v) is 6.21. The minimum Gasteiger partial charge on any atom is -0.326 e. The van der Waals surface area contributed by atoms with Gasteiger partial charge in [-0.15, -0.1) is 0 Å². The molecular weight excluding hydrogens is 396 g/mol. The predicted molar refractivity (Wildman–Crippen MR) is 100 cm³/mol. The van der Waals surface area contributed by atoms with E-state index in [1.165, 1.54) is 25.3 Å². The Bertz CT molecular complexity index is 995. The number of hydrogen-bond donors (Lipinski definition) is 2. The Kier molecular flexibility index (Phi) is 5.71. The molecule has 3 N–H and O–H groups in total. The molecule has 0 radical (unpaired) electrons. The van der Waals surface area contributed by atoms with Crippen LogP contribution in [0.3, 0.4) is 0 Å². The fourth-order valence-corrected chi connectivity index (χ4v) is 2.86. The Labute approximate surface area is 163 Å². The van der Waals surface area contributed by atoms with Crippen molar-refractivity contribution in [1.29, 1.82) is 5.41 Å². The Morgan fingerprint density at radius 1 is 1.22 bits per heavy atom. The summed E-state index contributed by atoms with van der Waals surface area (Å²) >= 11 is 12.0. The number of hydrogen-bond acceptors (Lipinski definition) is 6. The smallest absolute Gasteiger partial charge is 0.182 e. The van der Waals surface area contributed by atoms with Crippen molar-refractivity contribution in [2.75, 3.05) is 12.2 Å². The van der Waals surface area contributed by atoms with E-state index in [9.17, 15) is 4.39 Å². The van der Waals surface area contributed by atoms with Gasteiger partial charge in [-0.25, -0.2) is 14.1 Å². The third kappa shape index (κ3) is 3.79. The number of halogens is 3. The molecule has 0 aliphatic carbocycles. The molecule has 1 aromatic heterocycles. The lowest BCUT2D eigenvalue weighted by Crippen LogP contribution is -2.30. The van der Waals surface area contributed by atoms with E-state index in [-0.39, 0.29) is 16.6 Å². The molecule has 0 fully saturated rings.